The first-order chi connectivity index (χ1) is 29.7. The lowest BCUT2D eigenvalue weighted by Gasteiger charge is -2.41. The largest absolute Gasteiger partial charge is 0.477 e. The van der Waals surface area contributed by atoms with Crippen LogP contribution in [-0.2, 0) is 23.7 Å². The Hall–Kier alpha value is -4.37. The number of hydrogen-bond donors (Lipinski definition) is 1. The van der Waals surface area contributed by atoms with Crippen LogP contribution < -0.4 is 0 Å². The van der Waals surface area contributed by atoms with Crippen molar-refractivity contribution < 1.29 is 38.4 Å². The van der Waals surface area contributed by atoms with Crippen LogP contribution >= 0.6 is 46.2 Å². The average molecular weight is 909 g/mol. The zero-order valence-electron chi connectivity index (χ0n) is 35.7. The number of thioether (sulfide) groups is 2. The van der Waals surface area contributed by atoms with E-state index in [4.69, 9.17) is 18.9 Å². The summed E-state index contributed by atoms with van der Waals surface area (Å²) < 4.78 is 23.5. The Morgan fingerprint density at radius 3 is 1.42 bits per heavy atom. The number of carboxylic acid groups (broad SMARTS) is 1. The number of benzene rings is 2. The van der Waals surface area contributed by atoms with Gasteiger partial charge in [-0.25, -0.2) is 4.79 Å². The number of hydrogen-bond acceptors (Lipinski definition) is 11. The average Bonchev–Trinajstić information content (AvgIpc) is 3.96. The molecule has 62 heavy (non-hydrogen) atoms. The Bertz CT molecular complexity index is 2260. The molecule has 6 unspecified atom stereocenters. The van der Waals surface area contributed by atoms with E-state index >= 15 is 0 Å². The van der Waals surface area contributed by atoms with Gasteiger partial charge in [-0.2, -0.15) is 0 Å². The molecular weight excluding hydrogens is 857 g/mol. The predicted octanol–water partition coefficient (Wildman–Crippen LogP) is 12.4. The predicted molar refractivity (Wildman–Crippen MR) is 258 cm³/mol. The molecule has 0 saturated carbocycles. The van der Waals surface area contributed by atoms with Gasteiger partial charge in [0.1, 0.15) is 10.9 Å². The number of Topliss-reactive ketones (excluding diaryl/α,β-unsaturated/α-hetero) is 2. The first kappa shape index (κ1) is 47.1. The normalized spacial score (nSPS) is 22.3. The van der Waals surface area contributed by atoms with E-state index in [1.165, 1.54) is 46.2 Å². The topological polar surface area (TPSA) is 108 Å². The lowest BCUT2D eigenvalue weighted by Crippen LogP contribution is -2.47. The van der Waals surface area contributed by atoms with Crippen LogP contribution in [0.15, 0.2) is 133 Å². The summed E-state index contributed by atoms with van der Waals surface area (Å²) in [6.07, 6.45) is 12.0. The van der Waals surface area contributed by atoms with Crippen molar-refractivity contribution in [3.8, 4) is 20.9 Å². The summed E-state index contributed by atoms with van der Waals surface area (Å²) in [7, 11) is 0. The van der Waals surface area contributed by atoms with E-state index < -0.39 is 44.8 Å². The molecule has 6 atom stereocenters. The lowest BCUT2D eigenvalue weighted by molar-refractivity contribution is -0.207. The highest BCUT2D eigenvalue weighted by Gasteiger charge is 2.44. The number of rotatable bonds is 21. The molecule has 0 aliphatic heterocycles. The molecular formula is C50H52O8S4. The van der Waals surface area contributed by atoms with Crippen molar-refractivity contribution in [1.82, 2.24) is 0 Å². The molecule has 324 valence electrons. The number of ether oxygens (including phenoxy) is 4. The monoisotopic (exact) mass is 908 g/mol. The third-order valence-corrected chi connectivity index (χ3v) is 15.2. The van der Waals surface area contributed by atoms with Gasteiger partial charge in [-0.1, -0.05) is 110 Å². The maximum absolute atomic E-state index is 13.2. The van der Waals surface area contributed by atoms with E-state index in [1.807, 2.05) is 123 Å². The Morgan fingerprint density at radius 1 is 0.710 bits per heavy atom. The summed E-state index contributed by atoms with van der Waals surface area (Å²) in [5.41, 5.74) is 6.13. The van der Waals surface area contributed by atoms with Gasteiger partial charge >= 0.3 is 5.97 Å². The van der Waals surface area contributed by atoms with Crippen LogP contribution in [0.2, 0.25) is 0 Å². The first-order valence-electron chi connectivity index (χ1n) is 20.3. The second-order valence-corrected chi connectivity index (χ2v) is 20.0. The number of carbonyl (C=O) groups excluding carboxylic acids is 2. The van der Waals surface area contributed by atoms with E-state index in [0.29, 0.717) is 24.3 Å². The SMILES string of the molecule is C=CC(OCC)SC1(C)C=C(c2ccccc2-c2cc(C(C)=O)cs2)C=CC1OC(OC1C=CC(c2ccccc2-c2cc(C(C)=O)cs2)=CC1(C)SC(C=C)OCC)C(=O)O. The molecule has 0 fully saturated rings. The van der Waals surface area contributed by atoms with Crippen LogP contribution in [-0.4, -0.2) is 74.7 Å². The molecule has 0 bridgehead atoms. The molecule has 2 aliphatic rings. The van der Waals surface area contributed by atoms with Gasteiger partial charge < -0.3 is 24.1 Å². The van der Waals surface area contributed by atoms with E-state index in [1.54, 1.807) is 26.0 Å². The van der Waals surface area contributed by atoms with Gasteiger partial charge in [0.15, 0.2) is 11.6 Å². The zero-order valence-corrected chi connectivity index (χ0v) is 39.0. The molecule has 6 rings (SSSR count). The van der Waals surface area contributed by atoms with Gasteiger partial charge in [-0.3, -0.25) is 9.59 Å². The minimum Gasteiger partial charge on any atom is -0.477 e. The highest BCUT2D eigenvalue weighted by Crippen LogP contribution is 2.47. The number of carboxylic acids is 1. The van der Waals surface area contributed by atoms with Crippen LogP contribution in [0.3, 0.4) is 0 Å². The van der Waals surface area contributed by atoms with Crippen molar-refractivity contribution in [1.29, 1.82) is 0 Å². The third-order valence-electron chi connectivity index (χ3n) is 10.5. The fourth-order valence-corrected chi connectivity index (χ4v) is 11.8. The van der Waals surface area contributed by atoms with Crippen LogP contribution in [0.1, 0.15) is 73.4 Å². The lowest BCUT2D eigenvalue weighted by atomic mass is 9.88. The molecule has 0 amide bonds. The van der Waals surface area contributed by atoms with Crippen molar-refractivity contribution in [2.45, 2.75) is 80.4 Å². The van der Waals surface area contributed by atoms with Gasteiger partial charge in [-0.15, -0.1) is 46.2 Å². The van der Waals surface area contributed by atoms with E-state index in [2.05, 4.69) is 25.3 Å². The number of thiophene rings is 2. The Balaban J connectivity index is 1.34. The summed E-state index contributed by atoms with van der Waals surface area (Å²) in [4.78, 5) is 39.5. The van der Waals surface area contributed by atoms with Gasteiger partial charge in [0.25, 0.3) is 6.29 Å². The molecule has 0 radical (unpaired) electrons. The number of carbonyl (C=O) groups is 3. The van der Waals surface area contributed by atoms with E-state index in [0.717, 1.165) is 43.2 Å². The maximum Gasteiger partial charge on any atom is 0.361 e. The summed E-state index contributed by atoms with van der Waals surface area (Å²) in [6, 6.07) is 19.9. The van der Waals surface area contributed by atoms with Gasteiger partial charge in [0.2, 0.25) is 0 Å². The maximum atomic E-state index is 13.2. The second-order valence-electron chi connectivity index (χ2n) is 15.0. The molecule has 2 aliphatic carbocycles. The van der Waals surface area contributed by atoms with Crippen molar-refractivity contribution in [3.63, 3.8) is 0 Å². The Kier molecular flexibility index (Phi) is 15.9. The van der Waals surface area contributed by atoms with Crippen LogP contribution in [0.4, 0.5) is 0 Å². The zero-order chi connectivity index (χ0) is 44.6. The summed E-state index contributed by atoms with van der Waals surface area (Å²) >= 11 is 5.97. The summed E-state index contributed by atoms with van der Waals surface area (Å²) in [5, 5.41) is 14.5. The fourth-order valence-electron chi connectivity index (χ4n) is 7.31. The highest BCUT2D eigenvalue weighted by molar-refractivity contribution is 8.01. The molecule has 12 heteroatoms. The van der Waals surface area contributed by atoms with Gasteiger partial charge in [-0.05, 0) is 87.1 Å². The van der Waals surface area contributed by atoms with Gasteiger partial charge in [0, 0.05) is 44.9 Å². The van der Waals surface area contributed by atoms with E-state index in [-0.39, 0.29) is 11.6 Å². The van der Waals surface area contributed by atoms with Crippen molar-refractivity contribution in [3.05, 3.63) is 155 Å². The van der Waals surface area contributed by atoms with Crippen LogP contribution in [0.25, 0.3) is 32.0 Å². The molecule has 4 aromatic rings. The molecule has 2 aromatic carbocycles. The third kappa shape index (κ3) is 10.9. The Morgan fingerprint density at radius 2 is 1.10 bits per heavy atom. The molecule has 1 N–H and O–H groups in total. The molecule has 0 spiro atoms. The number of aliphatic carboxylic acids is 1. The summed E-state index contributed by atoms with van der Waals surface area (Å²) in [5.74, 6) is -1.27. The minimum absolute atomic E-state index is 0.00539. The van der Waals surface area contributed by atoms with Crippen molar-refractivity contribution >= 4 is 74.9 Å². The quantitative estimate of drug-likeness (QED) is 0.0493. The molecule has 0 saturated heterocycles. The first-order valence-corrected chi connectivity index (χ1v) is 23.8. The van der Waals surface area contributed by atoms with Crippen LogP contribution in [0.5, 0.6) is 0 Å². The number of allylic oxidation sites excluding steroid dienone is 4. The second kappa shape index (κ2) is 20.9. The number of ketones is 2. The minimum atomic E-state index is -1.68. The van der Waals surface area contributed by atoms with Crippen LogP contribution in [0, 0.1) is 0 Å². The molecule has 2 aromatic heterocycles. The highest BCUT2D eigenvalue weighted by atomic mass is 32.2. The van der Waals surface area contributed by atoms with Crippen molar-refractivity contribution in [2.75, 3.05) is 13.2 Å². The smallest absolute Gasteiger partial charge is 0.361 e. The molecule has 8 nitrogen and oxygen atoms in total. The molecule has 2 heterocycles. The Labute approximate surface area is 381 Å². The summed E-state index contributed by atoms with van der Waals surface area (Å²) in [6.45, 7) is 19.9. The van der Waals surface area contributed by atoms with E-state index in [9.17, 15) is 19.5 Å². The van der Waals surface area contributed by atoms with Crippen molar-refractivity contribution in [2.24, 2.45) is 0 Å². The van der Waals surface area contributed by atoms with Gasteiger partial charge in [0.05, 0.1) is 21.7 Å². The fraction of sp³-hybridized carbons (Fsp3) is 0.300. The standard InChI is InChI=1S/C50H52O8S4/c1-9-45(55-11-3)61-49(7)27-33(37-17-13-15-19-39(37)41-25-35(29-59-41)31(5)51)21-23-43(49)57-48(47(53)54)58-44-24-22-34(28-50(44,8)62-46(10-2)56-12-4)38-18-14-16-20-40(38)42-26-36(30-60-42)32(6)52/h9-10,13-30,43-46,48H,1-2,11-12H2,3-8H3,(H,53,54).